The molecule has 0 amide bonds. The number of benzene rings is 1. The van der Waals surface area contributed by atoms with Gasteiger partial charge in [-0.15, -0.1) is 0 Å². The van der Waals surface area contributed by atoms with Crippen molar-refractivity contribution in [3.8, 4) is 11.5 Å². The summed E-state index contributed by atoms with van der Waals surface area (Å²) in [7, 11) is 1.57. The van der Waals surface area contributed by atoms with Gasteiger partial charge in [0.1, 0.15) is 5.82 Å². The fourth-order valence-electron chi connectivity index (χ4n) is 3.77. The summed E-state index contributed by atoms with van der Waals surface area (Å²) in [5, 5.41) is 9.76. The maximum absolute atomic E-state index is 9.76. The third-order valence-corrected chi connectivity index (χ3v) is 5.20. The van der Waals surface area contributed by atoms with E-state index in [1.807, 2.05) is 12.1 Å². The van der Waals surface area contributed by atoms with E-state index in [2.05, 4.69) is 14.8 Å². The van der Waals surface area contributed by atoms with Crippen molar-refractivity contribution in [1.82, 2.24) is 14.9 Å². The predicted molar refractivity (Wildman–Crippen MR) is 100 cm³/mol. The van der Waals surface area contributed by atoms with Crippen LogP contribution in [-0.4, -0.2) is 46.7 Å². The summed E-state index contributed by atoms with van der Waals surface area (Å²) < 4.78 is 5.21. The molecular formula is C19H25N5O2. The Balaban J connectivity index is 1.53. The van der Waals surface area contributed by atoms with Crippen LogP contribution in [0, 0.1) is 0 Å². The highest BCUT2D eigenvalue weighted by molar-refractivity contribution is 5.49. The molecule has 26 heavy (non-hydrogen) atoms. The number of nitrogens with zero attached hydrogens (tertiary/aromatic N) is 4. The minimum Gasteiger partial charge on any atom is -0.504 e. The zero-order valence-corrected chi connectivity index (χ0v) is 15.1. The molecule has 1 fully saturated rings. The zero-order valence-electron chi connectivity index (χ0n) is 15.1. The van der Waals surface area contributed by atoms with Gasteiger partial charge in [0.25, 0.3) is 0 Å². The van der Waals surface area contributed by atoms with Crippen LogP contribution < -0.4 is 15.4 Å². The number of nitrogens with two attached hydrogens (primary N) is 1. The Kier molecular flexibility index (Phi) is 4.55. The molecule has 3 heterocycles. The van der Waals surface area contributed by atoms with Crippen molar-refractivity contribution >= 4 is 11.8 Å². The Morgan fingerprint density at radius 1 is 1.19 bits per heavy atom. The van der Waals surface area contributed by atoms with Crippen molar-refractivity contribution in [3.05, 3.63) is 35.0 Å². The molecule has 1 saturated heterocycles. The number of rotatable bonds is 4. The Hall–Kier alpha value is -2.54. The summed E-state index contributed by atoms with van der Waals surface area (Å²) in [6, 6.07) is 5.49. The topological polar surface area (TPSA) is 87.7 Å². The van der Waals surface area contributed by atoms with Crippen LogP contribution in [-0.2, 0) is 19.5 Å². The van der Waals surface area contributed by atoms with E-state index in [-0.39, 0.29) is 5.75 Å². The normalized spacial score (nSPS) is 17.3. The van der Waals surface area contributed by atoms with Gasteiger partial charge in [0.15, 0.2) is 11.5 Å². The number of phenolic OH excluding ortho intramolecular Hbond substituents is 1. The quantitative estimate of drug-likeness (QED) is 0.866. The molecule has 0 unspecified atom stereocenters. The number of fused-ring (bicyclic) bond motifs is 1. The second-order valence-corrected chi connectivity index (χ2v) is 7.00. The third kappa shape index (κ3) is 3.26. The standard InChI is InChI=1S/C19H25N5O2/c1-26-17-10-13(4-5-16(17)25)11-23-9-6-14-15(12-23)21-19(22-18(14)20)24-7-2-3-8-24/h4-5,10,25H,2-3,6-9,11-12H2,1H3,(H2,20,21,22). The van der Waals surface area contributed by atoms with Gasteiger partial charge in [-0.1, -0.05) is 6.07 Å². The molecule has 0 spiro atoms. The lowest BCUT2D eigenvalue weighted by molar-refractivity contribution is 0.241. The highest BCUT2D eigenvalue weighted by Crippen LogP contribution is 2.29. The van der Waals surface area contributed by atoms with Crippen LogP contribution in [0.4, 0.5) is 11.8 Å². The number of anilines is 2. The van der Waals surface area contributed by atoms with Crippen LogP contribution in [0.15, 0.2) is 18.2 Å². The van der Waals surface area contributed by atoms with Crippen LogP contribution in [0.5, 0.6) is 11.5 Å². The largest absolute Gasteiger partial charge is 0.504 e. The van der Waals surface area contributed by atoms with Crippen LogP contribution >= 0.6 is 0 Å². The summed E-state index contributed by atoms with van der Waals surface area (Å²) in [6.07, 6.45) is 3.24. The van der Waals surface area contributed by atoms with Crippen molar-refractivity contribution in [2.75, 3.05) is 37.4 Å². The lowest BCUT2D eigenvalue weighted by atomic mass is 10.0. The minimum atomic E-state index is 0.163. The lowest BCUT2D eigenvalue weighted by Gasteiger charge is -2.29. The Labute approximate surface area is 153 Å². The second-order valence-electron chi connectivity index (χ2n) is 7.00. The first-order valence-electron chi connectivity index (χ1n) is 9.12. The number of hydrogen-bond donors (Lipinski definition) is 2. The zero-order chi connectivity index (χ0) is 18.1. The Bertz CT molecular complexity index is 805. The minimum absolute atomic E-state index is 0.163. The molecule has 7 heteroatoms. The molecule has 0 atom stereocenters. The Morgan fingerprint density at radius 3 is 2.77 bits per heavy atom. The SMILES string of the molecule is COc1cc(CN2CCc3c(N)nc(N4CCCC4)nc3C2)ccc1O. The molecule has 2 aliphatic heterocycles. The van der Waals surface area contributed by atoms with Gasteiger partial charge in [-0.2, -0.15) is 4.98 Å². The average molecular weight is 355 g/mol. The number of nitrogen functional groups attached to an aromatic ring is 1. The summed E-state index contributed by atoms with van der Waals surface area (Å²) >= 11 is 0. The number of phenols is 1. The van der Waals surface area contributed by atoms with E-state index < -0.39 is 0 Å². The first-order valence-corrected chi connectivity index (χ1v) is 9.12. The van der Waals surface area contributed by atoms with Crippen LogP contribution in [0.3, 0.4) is 0 Å². The summed E-state index contributed by atoms with van der Waals surface area (Å²) in [5.74, 6) is 2.06. The molecule has 7 nitrogen and oxygen atoms in total. The van der Waals surface area contributed by atoms with Crippen molar-refractivity contribution in [1.29, 1.82) is 0 Å². The smallest absolute Gasteiger partial charge is 0.227 e. The maximum Gasteiger partial charge on any atom is 0.227 e. The molecule has 1 aromatic heterocycles. The summed E-state index contributed by atoms with van der Waals surface area (Å²) in [6.45, 7) is 4.46. The molecular weight excluding hydrogens is 330 g/mol. The molecule has 0 aliphatic carbocycles. The molecule has 1 aromatic carbocycles. The number of aromatic nitrogens is 2. The van der Waals surface area contributed by atoms with E-state index in [4.69, 9.17) is 15.5 Å². The van der Waals surface area contributed by atoms with Crippen molar-refractivity contribution in [2.45, 2.75) is 32.4 Å². The summed E-state index contributed by atoms with van der Waals surface area (Å²) in [4.78, 5) is 13.9. The van der Waals surface area contributed by atoms with Crippen molar-refractivity contribution in [3.63, 3.8) is 0 Å². The van der Waals surface area contributed by atoms with Gasteiger partial charge >= 0.3 is 0 Å². The van der Waals surface area contributed by atoms with Gasteiger partial charge in [-0.3, -0.25) is 4.90 Å². The van der Waals surface area contributed by atoms with E-state index in [9.17, 15) is 5.11 Å². The molecule has 2 aliphatic rings. The number of aromatic hydroxyl groups is 1. The van der Waals surface area contributed by atoms with Gasteiger partial charge in [-0.05, 0) is 37.0 Å². The van der Waals surface area contributed by atoms with Crippen LogP contribution in [0.25, 0.3) is 0 Å². The van der Waals surface area contributed by atoms with Gasteiger partial charge in [0.2, 0.25) is 5.95 Å². The Morgan fingerprint density at radius 2 is 2.00 bits per heavy atom. The summed E-state index contributed by atoms with van der Waals surface area (Å²) in [5.41, 5.74) is 9.45. The monoisotopic (exact) mass is 355 g/mol. The van der Waals surface area contributed by atoms with Crippen molar-refractivity contribution in [2.24, 2.45) is 0 Å². The molecule has 0 radical (unpaired) electrons. The number of ether oxygens (including phenoxy) is 1. The fourth-order valence-corrected chi connectivity index (χ4v) is 3.77. The second kappa shape index (κ2) is 6.99. The lowest BCUT2D eigenvalue weighted by Crippen LogP contribution is -2.32. The molecule has 0 saturated carbocycles. The molecule has 2 aromatic rings. The van der Waals surface area contributed by atoms with E-state index in [1.165, 1.54) is 12.8 Å². The first kappa shape index (κ1) is 16.9. The molecule has 4 rings (SSSR count). The van der Waals surface area contributed by atoms with E-state index in [0.29, 0.717) is 11.6 Å². The molecule has 3 N–H and O–H groups in total. The highest BCUT2D eigenvalue weighted by Gasteiger charge is 2.24. The van der Waals surface area contributed by atoms with Gasteiger partial charge < -0.3 is 20.5 Å². The fraction of sp³-hybridized carbons (Fsp3) is 0.474. The highest BCUT2D eigenvalue weighted by atomic mass is 16.5. The van der Waals surface area contributed by atoms with Gasteiger partial charge in [0, 0.05) is 38.3 Å². The van der Waals surface area contributed by atoms with Crippen LogP contribution in [0.1, 0.15) is 29.7 Å². The molecule has 138 valence electrons. The van der Waals surface area contributed by atoms with Crippen molar-refractivity contribution < 1.29 is 9.84 Å². The maximum atomic E-state index is 9.76. The van der Waals surface area contributed by atoms with Gasteiger partial charge in [-0.25, -0.2) is 4.98 Å². The van der Waals surface area contributed by atoms with Gasteiger partial charge in [0.05, 0.1) is 12.8 Å². The third-order valence-electron chi connectivity index (χ3n) is 5.20. The van der Waals surface area contributed by atoms with E-state index in [0.717, 1.165) is 61.9 Å². The van der Waals surface area contributed by atoms with E-state index in [1.54, 1.807) is 13.2 Å². The number of hydrogen-bond acceptors (Lipinski definition) is 7. The molecule has 0 bridgehead atoms. The predicted octanol–water partition coefficient (Wildman–Crippen LogP) is 1.93. The average Bonchev–Trinajstić information content (AvgIpc) is 3.18. The van der Waals surface area contributed by atoms with E-state index >= 15 is 0 Å². The first-order chi connectivity index (χ1) is 12.6. The van der Waals surface area contributed by atoms with Crippen LogP contribution in [0.2, 0.25) is 0 Å². The number of methoxy groups -OCH3 is 1.